The van der Waals surface area contributed by atoms with Crippen LogP contribution in [0.25, 0.3) is 6.08 Å². The zero-order chi connectivity index (χ0) is 11.7. The first kappa shape index (κ1) is 10.2. The van der Waals surface area contributed by atoms with E-state index in [9.17, 15) is 0 Å². The van der Waals surface area contributed by atoms with E-state index in [1.165, 1.54) is 0 Å². The van der Waals surface area contributed by atoms with Crippen LogP contribution in [0.5, 0.6) is 0 Å². The summed E-state index contributed by atoms with van der Waals surface area (Å²) in [5, 5.41) is 0. The van der Waals surface area contributed by atoms with Crippen molar-refractivity contribution in [1.82, 2.24) is 4.98 Å². The minimum atomic E-state index is 0.771. The lowest BCUT2D eigenvalue weighted by Gasteiger charge is -2.11. The summed E-state index contributed by atoms with van der Waals surface area (Å²) in [5.74, 6) is 0. The first-order chi connectivity index (χ1) is 8.31. The van der Waals surface area contributed by atoms with Gasteiger partial charge in [0.25, 0.3) is 0 Å². The van der Waals surface area contributed by atoms with Crippen LogP contribution in [0, 0.1) is 0 Å². The molecule has 0 fully saturated rings. The average Bonchev–Trinajstić information content (AvgIpc) is 2.81. The molecule has 0 radical (unpaired) electrons. The Kier molecular flexibility index (Phi) is 2.49. The molecule has 84 valence electrons. The fourth-order valence-electron chi connectivity index (χ4n) is 1.66. The van der Waals surface area contributed by atoms with Crippen molar-refractivity contribution in [3.8, 4) is 0 Å². The van der Waals surface area contributed by atoms with Crippen molar-refractivity contribution in [1.29, 1.82) is 0 Å². The van der Waals surface area contributed by atoms with Crippen molar-refractivity contribution in [3.05, 3.63) is 47.1 Å². The lowest BCUT2D eigenvalue weighted by atomic mass is 10.3. The van der Waals surface area contributed by atoms with E-state index in [4.69, 9.17) is 5.73 Å². The number of thioether (sulfide) groups is 1. The summed E-state index contributed by atoms with van der Waals surface area (Å²) in [6.07, 6.45) is 5.85. The summed E-state index contributed by atoms with van der Waals surface area (Å²) in [6.45, 7) is 0. The van der Waals surface area contributed by atoms with Crippen molar-refractivity contribution < 1.29 is 0 Å². The van der Waals surface area contributed by atoms with Crippen LogP contribution in [-0.2, 0) is 0 Å². The molecule has 0 bridgehead atoms. The topological polar surface area (TPSA) is 54.2 Å². The van der Waals surface area contributed by atoms with Gasteiger partial charge in [-0.05, 0) is 36.4 Å². The van der Waals surface area contributed by atoms with E-state index < -0.39 is 0 Å². The van der Waals surface area contributed by atoms with E-state index in [0.29, 0.717) is 0 Å². The molecule has 4 heteroatoms. The Morgan fingerprint density at radius 1 is 1.29 bits per heavy atom. The molecule has 0 saturated heterocycles. The van der Waals surface area contributed by atoms with Gasteiger partial charge in [0, 0.05) is 33.6 Å². The van der Waals surface area contributed by atoms with Crippen LogP contribution in [-0.4, -0.2) is 11.2 Å². The van der Waals surface area contributed by atoms with Gasteiger partial charge in [-0.25, -0.2) is 0 Å². The van der Waals surface area contributed by atoms with Crippen LogP contribution in [0.2, 0.25) is 0 Å². The Hall–Kier alpha value is -1.94. The molecule has 1 aliphatic rings. The molecular formula is C13H11N3S. The highest BCUT2D eigenvalue weighted by atomic mass is 32.2. The number of benzene rings is 1. The third kappa shape index (κ3) is 2.12. The van der Waals surface area contributed by atoms with Crippen LogP contribution in [0.3, 0.4) is 0 Å². The highest BCUT2D eigenvalue weighted by Crippen LogP contribution is 2.39. The number of nitrogens with zero attached hydrogens (tertiary/aromatic N) is 1. The van der Waals surface area contributed by atoms with E-state index in [1.54, 1.807) is 11.8 Å². The molecule has 1 aromatic heterocycles. The SMILES string of the molecule is Nc1ccc2c(c1)S/C(=C\c1ccc[nH]1)C=N2. The van der Waals surface area contributed by atoms with Crippen LogP contribution in [0.1, 0.15) is 5.69 Å². The molecule has 0 unspecified atom stereocenters. The monoisotopic (exact) mass is 241 g/mol. The summed E-state index contributed by atoms with van der Waals surface area (Å²) in [6, 6.07) is 9.77. The number of H-pyrrole nitrogens is 1. The number of aromatic amines is 1. The Bertz CT molecular complexity index is 597. The summed E-state index contributed by atoms with van der Waals surface area (Å²) in [7, 11) is 0. The number of allylic oxidation sites excluding steroid dienone is 1. The number of aromatic nitrogens is 1. The lowest BCUT2D eigenvalue weighted by Crippen LogP contribution is -1.90. The van der Waals surface area contributed by atoms with E-state index in [0.717, 1.165) is 26.9 Å². The third-order valence-electron chi connectivity index (χ3n) is 2.46. The molecule has 17 heavy (non-hydrogen) atoms. The van der Waals surface area contributed by atoms with Gasteiger partial charge in [-0.2, -0.15) is 0 Å². The largest absolute Gasteiger partial charge is 0.399 e. The molecule has 0 amide bonds. The number of nitrogen functional groups attached to an aromatic ring is 1. The minimum Gasteiger partial charge on any atom is -0.399 e. The molecular weight excluding hydrogens is 230 g/mol. The number of hydrogen-bond donors (Lipinski definition) is 2. The zero-order valence-electron chi connectivity index (χ0n) is 9.05. The summed E-state index contributed by atoms with van der Waals surface area (Å²) < 4.78 is 0. The van der Waals surface area contributed by atoms with Gasteiger partial charge in [-0.1, -0.05) is 11.8 Å². The van der Waals surface area contributed by atoms with Gasteiger partial charge in [0.15, 0.2) is 0 Å². The van der Waals surface area contributed by atoms with Crippen LogP contribution in [0.15, 0.2) is 51.3 Å². The van der Waals surface area contributed by atoms with Gasteiger partial charge in [-0.3, -0.25) is 4.99 Å². The first-order valence-corrected chi connectivity index (χ1v) is 6.09. The highest BCUT2D eigenvalue weighted by molar-refractivity contribution is 8.04. The Balaban J connectivity index is 1.95. The first-order valence-electron chi connectivity index (χ1n) is 5.28. The molecule has 0 saturated carbocycles. The second-order valence-electron chi connectivity index (χ2n) is 3.76. The van der Waals surface area contributed by atoms with Gasteiger partial charge >= 0.3 is 0 Å². The minimum absolute atomic E-state index is 0.771. The number of rotatable bonds is 1. The smallest absolute Gasteiger partial charge is 0.0771 e. The summed E-state index contributed by atoms with van der Waals surface area (Å²) >= 11 is 1.68. The van der Waals surface area contributed by atoms with Crippen molar-refractivity contribution in [2.24, 2.45) is 4.99 Å². The predicted molar refractivity (Wildman–Crippen MR) is 73.6 cm³/mol. The van der Waals surface area contributed by atoms with Crippen LogP contribution < -0.4 is 5.73 Å². The lowest BCUT2D eigenvalue weighted by molar-refractivity contribution is 1.36. The standard InChI is InChI=1S/C13H11N3S/c14-9-3-4-12-13(6-9)17-11(8-16-12)7-10-2-1-5-15-10/h1-8,15H,14H2/b11-7-. The molecule has 0 aliphatic carbocycles. The fourth-order valence-corrected chi connectivity index (χ4v) is 2.63. The molecule has 0 spiro atoms. The van der Waals surface area contributed by atoms with Gasteiger partial charge in [0.1, 0.15) is 0 Å². The number of anilines is 1. The van der Waals surface area contributed by atoms with E-state index in [-0.39, 0.29) is 0 Å². The average molecular weight is 241 g/mol. The van der Waals surface area contributed by atoms with E-state index in [1.807, 2.05) is 42.7 Å². The number of hydrogen-bond acceptors (Lipinski definition) is 3. The molecule has 3 N–H and O–H groups in total. The van der Waals surface area contributed by atoms with Crippen molar-refractivity contribution in [2.75, 3.05) is 5.73 Å². The molecule has 2 aromatic rings. The molecule has 1 aliphatic heterocycles. The highest BCUT2D eigenvalue weighted by Gasteiger charge is 2.10. The molecule has 2 heterocycles. The molecule has 0 atom stereocenters. The normalized spacial score (nSPS) is 16.1. The summed E-state index contributed by atoms with van der Waals surface area (Å²) in [5.41, 5.74) is 8.60. The number of nitrogens with two attached hydrogens (primary N) is 1. The maximum absolute atomic E-state index is 5.77. The third-order valence-corrected chi connectivity index (χ3v) is 3.47. The maximum Gasteiger partial charge on any atom is 0.0771 e. The van der Waals surface area contributed by atoms with Crippen molar-refractivity contribution in [3.63, 3.8) is 0 Å². The van der Waals surface area contributed by atoms with Crippen LogP contribution >= 0.6 is 11.8 Å². The molecule has 3 nitrogen and oxygen atoms in total. The van der Waals surface area contributed by atoms with Crippen molar-refractivity contribution in [2.45, 2.75) is 4.90 Å². The fraction of sp³-hybridized carbons (Fsp3) is 0. The van der Waals surface area contributed by atoms with Crippen LogP contribution in [0.4, 0.5) is 11.4 Å². The van der Waals surface area contributed by atoms with Crippen molar-refractivity contribution >= 4 is 35.4 Å². The molecule has 1 aromatic carbocycles. The van der Waals surface area contributed by atoms with Gasteiger partial charge in [-0.15, -0.1) is 0 Å². The van der Waals surface area contributed by atoms with Gasteiger partial charge in [0.05, 0.1) is 5.69 Å². The number of nitrogens with one attached hydrogen (secondary N) is 1. The zero-order valence-corrected chi connectivity index (χ0v) is 9.87. The van der Waals surface area contributed by atoms with E-state index in [2.05, 4.69) is 16.1 Å². The quantitative estimate of drug-likeness (QED) is 0.751. The van der Waals surface area contributed by atoms with Gasteiger partial charge in [0.2, 0.25) is 0 Å². The van der Waals surface area contributed by atoms with Gasteiger partial charge < -0.3 is 10.7 Å². The Labute approximate surface area is 103 Å². The number of fused-ring (bicyclic) bond motifs is 1. The Morgan fingerprint density at radius 3 is 3.06 bits per heavy atom. The predicted octanol–water partition coefficient (Wildman–Crippen LogP) is 3.45. The summed E-state index contributed by atoms with van der Waals surface area (Å²) in [4.78, 5) is 9.76. The Morgan fingerprint density at radius 2 is 2.24 bits per heavy atom. The second kappa shape index (κ2) is 4.14. The van der Waals surface area contributed by atoms with E-state index >= 15 is 0 Å². The molecule has 3 rings (SSSR count). The number of aliphatic imine (C=N–C) groups is 1. The maximum atomic E-state index is 5.77. The second-order valence-corrected chi connectivity index (χ2v) is 4.87.